The zero-order valence-electron chi connectivity index (χ0n) is 14.9. The van der Waals surface area contributed by atoms with E-state index in [0.717, 1.165) is 17.8 Å². The van der Waals surface area contributed by atoms with E-state index in [1.165, 1.54) is 49.9 Å². The van der Waals surface area contributed by atoms with Crippen LogP contribution >= 0.6 is 11.3 Å². The molecule has 0 radical (unpaired) electrons. The van der Waals surface area contributed by atoms with Gasteiger partial charge in [0.15, 0.2) is 11.5 Å². The van der Waals surface area contributed by atoms with Gasteiger partial charge < -0.3 is 9.84 Å². The molecule has 0 spiro atoms. The van der Waals surface area contributed by atoms with E-state index in [2.05, 4.69) is 15.5 Å². The highest BCUT2D eigenvalue weighted by Gasteiger charge is 2.20. The summed E-state index contributed by atoms with van der Waals surface area (Å²) in [6.45, 7) is 0. The van der Waals surface area contributed by atoms with E-state index < -0.39 is 5.91 Å². The number of hydrogen-bond acceptors (Lipinski definition) is 7. The molecule has 1 saturated carbocycles. The first-order valence-electron chi connectivity index (χ1n) is 8.74. The molecule has 1 heterocycles. The monoisotopic (exact) mass is 384 g/mol. The highest BCUT2D eigenvalue weighted by Crippen LogP contribution is 2.35. The van der Waals surface area contributed by atoms with Crippen LogP contribution in [0.4, 0.5) is 5.13 Å². The lowest BCUT2D eigenvalue weighted by Gasteiger charge is -2.18. The largest absolute Gasteiger partial charge is 0.504 e. The molecule has 2 aromatic rings. The van der Waals surface area contributed by atoms with Gasteiger partial charge in [0.25, 0.3) is 5.91 Å². The Labute approximate surface area is 161 Å². The van der Waals surface area contributed by atoms with Crippen LogP contribution in [0.3, 0.4) is 0 Å². The maximum atomic E-state index is 12.4. The first-order chi connectivity index (χ1) is 13.1. The fourth-order valence-corrected chi connectivity index (χ4v) is 3.97. The molecule has 0 saturated heterocycles. The van der Waals surface area contributed by atoms with Crippen LogP contribution in [-0.2, 0) is 4.79 Å². The van der Waals surface area contributed by atoms with Gasteiger partial charge in [0.2, 0.25) is 5.13 Å². The second-order valence-corrected chi connectivity index (χ2v) is 7.34. The molecular weight excluding hydrogens is 364 g/mol. The van der Waals surface area contributed by atoms with Crippen molar-refractivity contribution in [3.05, 3.63) is 34.3 Å². The third kappa shape index (κ3) is 4.63. The SMILES string of the molecule is COc1cc(/C=C(/C#N)C(=O)Nc2nnc(C3CCCCC3)s2)ccc1O. The Morgan fingerprint density at radius 3 is 2.85 bits per heavy atom. The minimum absolute atomic E-state index is 0.0123. The predicted octanol–water partition coefficient (Wildman–Crippen LogP) is 3.85. The van der Waals surface area contributed by atoms with E-state index >= 15 is 0 Å². The molecular formula is C19H20N4O3S. The van der Waals surface area contributed by atoms with E-state index in [-0.39, 0.29) is 17.1 Å². The maximum Gasteiger partial charge on any atom is 0.268 e. The van der Waals surface area contributed by atoms with Crippen molar-refractivity contribution in [2.45, 2.75) is 38.0 Å². The Hall–Kier alpha value is -2.92. The summed E-state index contributed by atoms with van der Waals surface area (Å²) in [5.74, 6) is 0.123. The molecule has 0 aliphatic heterocycles. The normalized spacial score (nSPS) is 15.2. The summed E-state index contributed by atoms with van der Waals surface area (Å²) in [4.78, 5) is 12.4. The minimum Gasteiger partial charge on any atom is -0.504 e. The number of benzene rings is 1. The van der Waals surface area contributed by atoms with Gasteiger partial charge in [0.05, 0.1) is 7.11 Å². The lowest BCUT2D eigenvalue weighted by molar-refractivity contribution is -0.112. The van der Waals surface area contributed by atoms with Crippen molar-refractivity contribution >= 4 is 28.5 Å². The van der Waals surface area contributed by atoms with Crippen molar-refractivity contribution in [1.82, 2.24) is 10.2 Å². The number of carbonyl (C=O) groups is 1. The molecule has 7 nitrogen and oxygen atoms in total. The molecule has 3 rings (SSSR count). The summed E-state index contributed by atoms with van der Waals surface area (Å²) in [6.07, 6.45) is 7.30. The van der Waals surface area contributed by atoms with Gasteiger partial charge in [-0.3, -0.25) is 10.1 Å². The number of ether oxygens (including phenoxy) is 1. The molecule has 8 heteroatoms. The van der Waals surface area contributed by atoms with E-state index in [0.29, 0.717) is 16.6 Å². The number of amides is 1. The van der Waals surface area contributed by atoms with Crippen molar-refractivity contribution < 1.29 is 14.6 Å². The number of aromatic hydroxyl groups is 1. The fourth-order valence-electron chi connectivity index (χ4n) is 3.06. The number of carbonyl (C=O) groups excluding carboxylic acids is 1. The summed E-state index contributed by atoms with van der Waals surface area (Å²) in [5.41, 5.74) is 0.494. The van der Waals surface area contributed by atoms with Crippen molar-refractivity contribution in [2.24, 2.45) is 0 Å². The summed E-state index contributed by atoms with van der Waals surface area (Å²) < 4.78 is 5.04. The zero-order valence-corrected chi connectivity index (χ0v) is 15.8. The lowest BCUT2D eigenvalue weighted by Crippen LogP contribution is -2.13. The highest BCUT2D eigenvalue weighted by molar-refractivity contribution is 7.15. The number of anilines is 1. The Kier molecular flexibility index (Phi) is 6.04. The van der Waals surface area contributed by atoms with Gasteiger partial charge in [0, 0.05) is 5.92 Å². The van der Waals surface area contributed by atoms with Crippen LogP contribution in [0.1, 0.15) is 48.6 Å². The van der Waals surface area contributed by atoms with E-state index in [9.17, 15) is 15.2 Å². The van der Waals surface area contributed by atoms with Crippen LogP contribution in [0.2, 0.25) is 0 Å². The van der Waals surface area contributed by atoms with Crippen molar-refractivity contribution in [3.8, 4) is 17.6 Å². The third-order valence-electron chi connectivity index (χ3n) is 4.50. The number of nitrogens with zero attached hydrogens (tertiary/aromatic N) is 3. The smallest absolute Gasteiger partial charge is 0.268 e. The Morgan fingerprint density at radius 2 is 2.15 bits per heavy atom. The fraction of sp³-hybridized carbons (Fsp3) is 0.368. The van der Waals surface area contributed by atoms with Crippen molar-refractivity contribution in [3.63, 3.8) is 0 Å². The van der Waals surface area contributed by atoms with Gasteiger partial charge in [-0.1, -0.05) is 36.7 Å². The van der Waals surface area contributed by atoms with Gasteiger partial charge in [0.1, 0.15) is 16.6 Å². The molecule has 140 valence electrons. The van der Waals surface area contributed by atoms with E-state index in [4.69, 9.17) is 4.74 Å². The van der Waals surface area contributed by atoms with Crippen LogP contribution in [0.25, 0.3) is 6.08 Å². The number of methoxy groups -OCH3 is 1. The minimum atomic E-state index is -0.545. The molecule has 0 atom stereocenters. The summed E-state index contributed by atoms with van der Waals surface area (Å²) in [7, 11) is 1.43. The quantitative estimate of drug-likeness (QED) is 0.599. The van der Waals surface area contributed by atoms with Crippen molar-refractivity contribution in [1.29, 1.82) is 5.26 Å². The summed E-state index contributed by atoms with van der Waals surface area (Å²) in [5, 5.41) is 31.2. The standard InChI is InChI=1S/C19H20N4O3S/c1-26-16-10-12(7-8-15(16)24)9-14(11-20)17(25)21-19-23-22-18(27-19)13-5-3-2-4-6-13/h7-10,13,24H,2-6H2,1H3,(H,21,23,25)/b14-9-. The molecule has 2 N–H and O–H groups in total. The number of phenolic OH excluding ortho intramolecular Hbond substituents is 1. The topological polar surface area (TPSA) is 108 Å². The molecule has 1 aromatic heterocycles. The third-order valence-corrected chi connectivity index (χ3v) is 5.50. The van der Waals surface area contributed by atoms with E-state index in [1.807, 2.05) is 6.07 Å². The molecule has 1 fully saturated rings. The van der Waals surface area contributed by atoms with Gasteiger partial charge >= 0.3 is 0 Å². The molecule has 1 aliphatic rings. The second-order valence-electron chi connectivity index (χ2n) is 6.34. The van der Waals surface area contributed by atoms with Crippen LogP contribution in [0, 0.1) is 11.3 Å². The van der Waals surface area contributed by atoms with Crippen LogP contribution in [-0.4, -0.2) is 28.3 Å². The van der Waals surface area contributed by atoms with E-state index in [1.54, 1.807) is 12.1 Å². The highest BCUT2D eigenvalue weighted by atomic mass is 32.1. The first-order valence-corrected chi connectivity index (χ1v) is 9.56. The molecule has 1 amide bonds. The Bertz CT molecular complexity index is 895. The average molecular weight is 384 g/mol. The zero-order chi connectivity index (χ0) is 19.2. The Balaban J connectivity index is 1.72. The molecule has 27 heavy (non-hydrogen) atoms. The van der Waals surface area contributed by atoms with Gasteiger partial charge in [-0.25, -0.2) is 0 Å². The van der Waals surface area contributed by atoms with Gasteiger partial charge in [-0.05, 0) is 36.6 Å². The average Bonchev–Trinajstić information content (AvgIpc) is 3.16. The Morgan fingerprint density at radius 1 is 1.37 bits per heavy atom. The number of nitriles is 1. The van der Waals surface area contributed by atoms with Gasteiger partial charge in [-0.2, -0.15) is 5.26 Å². The van der Waals surface area contributed by atoms with Crippen LogP contribution < -0.4 is 10.1 Å². The number of aromatic nitrogens is 2. The lowest BCUT2D eigenvalue weighted by atomic mass is 9.90. The molecule has 0 bridgehead atoms. The molecule has 1 aromatic carbocycles. The number of nitrogens with one attached hydrogen (secondary N) is 1. The molecule has 0 unspecified atom stereocenters. The first kappa shape index (κ1) is 18.9. The number of rotatable bonds is 5. The molecule has 1 aliphatic carbocycles. The predicted molar refractivity (Wildman–Crippen MR) is 103 cm³/mol. The number of hydrogen-bond donors (Lipinski definition) is 2. The number of phenols is 1. The van der Waals surface area contributed by atoms with Gasteiger partial charge in [-0.15, -0.1) is 10.2 Å². The summed E-state index contributed by atoms with van der Waals surface area (Å²) in [6, 6.07) is 6.48. The summed E-state index contributed by atoms with van der Waals surface area (Å²) >= 11 is 1.37. The van der Waals surface area contributed by atoms with Crippen LogP contribution in [0.5, 0.6) is 11.5 Å². The second kappa shape index (κ2) is 8.64. The van der Waals surface area contributed by atoms with Crippen molar-refractivity contribution in [2.75, 3.05) is 12.4 Å². The maximum absolute atomic E-state index is 12.4. The van der Waals surface area contributed by atoms with Crippen LogP contribution in [0.15, 0.2) is 23.8 Å².